The number of rotatable bonds is 4. The molecule has 1 aliphatic rings. The van der Waals surface area contributed by atoms with Gasteiger partial charge in [-0.1, -0.05) is 6.07 Å². The molecule has 0 aromatic heterocycles. The van der Waals surface area contributed by atoms with Gasteiger partial charge >= 0.3 is 0 Å². The molecule has 5 nitrogen and oxygen atoms in total. The lowest BCUT2D eigenvalue weighted by Crippen LogP contribution is -2.41. The van der Waals surface area contributed by atoms with Crippen molar-refractivity contribution >= 4 is 17.5 Å². The quantitative estimate of drug-likeness (QED) is 0.623. The predicted octanol–water partition coefficient (Wildman–Crippen LogP) is 2.51. The van der Waals surface area contributed by atoms with E-state index in [9.17, 15) is 27.2 Å². The zero-order valence-corrected chi connectivity index (χ0v) is 15.6. The van der Waals surface area contributed by atoms with E-state index in [1.807, 2.05) is 0 Å². The Morgan fingerprint density at radius 3 is 2.48 bits per heavy atom. The lowest BCUT2D eigenvalue weighted by Gasteiger charge is -2.22. The van der Waals surface area contributed by atoms with Gasteiger partial charge < -0.3 is 15.5 Å². The highest BCUT2D eigenvalue weighted by Crippen LogP contribution is 2.26. The molecule has 0 bridgehead atoms. The average Bonchev–Trinajstić information content (AvgIpc) is 2.77. The van der Waals surface area contributed by atoms with E-state index < -0.39 is 41.1 Å². The first-order chi connectivity index (χ1) is 13.7. The topological polar surface area (TPSA) is 66.6 Å². The van der Waals surface area contributed by atoms with E-state index >= 15 is 0 Å². The van der Waals surface area contributed by atoms with Gasteiger partial charge in [0, 0.05) is 32.1 Å². The third kappa shape index (κ3) is 4.56. The van der Waals surface area contributed by atoms with Gasteiger partial charge in [0.1, 0.15) is 18.2 Å². The summed E-state index contributed by atoms with van der Waals surface area (Å²) in [6.45, 7) is -0.144. The van der Waals surface area contributed by atoms with Gasteiger partial charge in [-0.2, -0.15) is 0 Å². The summed E-state index contributed by atoms with van der Waals surface area (Å²) < 4.78 is 53.7. The molecule has 1 atom stereocenters. The SMILES string of the molecule is CN1C(=O)CN(C(=O)CC(N)Cc2cc(F)c(F)cc2F)Cc2ccc(F)cc21. The highest BCUT2D eigenvalue weighted by Gasteiger charge is 2.28. The van der Waals surface area contributed by atoms with Crippen molar-refractivity contribution in [2.75, 3.05) is 18.5 Å². The van der Waals surface area contributed by atoms with Gasteiger partial charge in [-0.15, -0.1) is 0 Å². The molecule has 1 aliphatic heterocycles. The van der Waals surface area contributed by atoms with E-state index in [1.165, 1.54) is 35.0 Å². The van der Waals surface area contributed by atoms with Crippen LogP contribution in [0.1, 0.15) is 17.5 Å². The fraction of sp³-hybridized carbons (Fsp3) is 0.300. The average molecular weight is 409 g/mol. The van der Waals surface area contributed by atoms with Crippen molar-refractivity contribution < 1.29 is 27.2 Å². The fourth-order valence-corrected chi connectivity index (χ4v) is 3.25. The molecule has 0 aliphatic carbocycles. The Hall–Kier alpha value is -2.94. The monoisotopic (exact) mass is 409 g/mol. The Labute approximate surface area is 164 Å². The number of nitrogens with zero attached hydrogens (tertiary/aromatic N) is 2. The Morgan fingerprint density at radius 2 is 1.76 bits per heavy atom. The zero-order valence-electron chi connectivity index (χ0n) is 15.6. The molecule has 0 saturated carbocycles. The summed E-state index contributed by atoms with van der Waals surface area (Å²) in [4.78, 5) is 27.6. The Balaban J connectivity index is 1.72. The summed E-state index contributed by atoms with van der Waals surface area (Å²) in [5.41, 5.74) is 6.73. The lowest BCUT2D eigenvalue weighted by molar-refractivity contribution is -0.135. The maximum atomic E-state index is 13.8. The van der Waals surface area contributed by atoms with Crippen LogP contribution in [0.4, 0.5) is 23.2 Å². The van der Waals surface area contributed by atoms with Crippen molar-refractivity contribution in [3.8, 4) is 0 Å². The van der Waals surface area contributed by atoms with Crippen molar-refractivity contribution in [2.24, 2.45) is 5.73 Å². The molecule has 3 rings (SSSR count). The van der Waals surface area contributed by atoms with Crippen LogP contribution in [0.3, 0.4) is 0 Å². The van der Waals surface area contributed by atoms with E-state index in [2.05, 4.69) is 0 Å². The number of fused-ring (bicyclic) bond motifs is 1. The first-order valence-electron chi connectivity index (χ1n) is 8.87. The van der Waals surface area contributed by atoms with Crippen LogP contribution in [-0.4, -0.2) is 36.3 Å². The van der Waals surface area contributed by atoms with Crippen LogP contribution in [-0.2, 0) is 22.6 Å². The molecule has 0 spiro atoms. The molecular formula is C20H19F4N3O2. The van der Waals surface area contributed by atoms with Gasteiger partial charge in [-0.3, -0.25) is 9.59 Å². The predicted molar refractivity (Wildman–Crippen MR) is 97.8 cm³/mol. The molecule has 1 unspecified atom stereocenters. The normalized spacial score (nSPS) is 15.2. The third-order valence-corrected chi connectivity index (χ3v) is 4.83. The van der Waals surface area contributed by atoms with Crippen molar-refractivity contribution in [2.45, 2.75) is 25.4 Å². The smallest absolute Gasteiger partial charge is 0.246 e. The highest BCUT2D eigenvalue weighted by molar-refractivity contribution is 5.98. The van der Waals surface area contributed by atoms with Gasteiger partial charge in [0.05, 0.1) is 5.69 Å². The van der Waals surface area contributed by atoms with E-state index in [0.717, 1.165) is 0 Å². The number of carbonyl (C=O) groups excluding carboxylic acids is 2. The van der Waals surface area contributed by atoms with E-state index in [4.69, 9.17) is 5.73 Å². The number of carbonyl (C=O) groups is 2. The second-order valence-electron chi connectivity index (χ2n) is 7.00. The standard InChI is InChI=1S/C20H19F4N3O2/c1-26-18-6-13(21)3-2-11(18)9-27(10-20(26)29)19(28)7-14(25)4-12-5-16(23)17(24)8-15(12)22/h2-3,5-6,8,14H,4,7,9-10,25H2,1H3. The molecule has 29 heavy (non-hydrogen) atoms. The van der Waals surface area contributed by atoms with Gasteiger partial charge in [0.15, 0.2) is 11.6 Å². The number of hydrogen-bond donors (Lipinski definition) is 1. The number of benzene rings is 2. The number of likely N-dealkylation sites (N-methyl/N-ethyl adjacent to an activating group) is 1. The zero-order chi connectivity index (χ0) is 21.3. The lowest BCUT2D eigenvalue weighted by atomic mass is 10.0. The summed E-state index contributed by atoms with van der Waals surface area (Å²) in [5, 5.41) is 0. The molecule has 2 aromatic carbocycles. The van der Waals surface area contributed by atoms with Gasteiger partial charge in [-0.25, -0.2) is 17.6 Å². The van der Waals surface area contributed by atoms with E-state index in [-0.39, 0.29) is 31.5 Å². The van der Waals surface area contributed by atoms with Crippen LogP contribution in [0.2, 0.25) is 0 Å². The second kappa shape index (κ2) is 8.20. The third-order valence-electron chi connectivity index (χ3n) is 4.83. The Bertz CT molecular complexity index is 967. The number of anilines is 1. The van der Waals surface area contributed by atoms with Crippen LogP contribution in [0.5, 0.6) is 0 Å². The van der Waals surface area contributed by atoms with Gasteiger partial charge in [0.25, 0.3) is 0 Å². The molecule has 2 aromatic rings. The van der Waals surface area contributed by atoms with E-state index in [1.54, 1.807) is 0 Å². The minimum atomic E-state index is -1.31. The van der Waals surface area contributed by atoms with Crippen molar-refractivity contribution in [3.05, 3.63) is 64.7 Å². The van der Waals surface area contributed by atoms with Crippen LogP contribution in [0.25, 0.3) is 0 Å². The number of hydrogen-bond acceptors (Lipinski definition) is 3. The summed E-state index contributed by atoms with van der Waals surface area (Å²) in [7, 11) is 1.49. The number of amides is 2. The number of nitrogens with two attached hydrogens (primary N) is 1. The summed E-state index contributed by atoms with van der Waals surface area (Å²) in [6.07, 6.45) is -0.412. The molecule has 154 valence electrons. The molecule has 2 N–H and O–H groups in total. The Kier molecular flexibility index (Phi) is 5.88. The molecule has 0 fully saturated rings. The first-order valence-corrected chi connectivity index (χ1v) is 8.87. The number of halogens is 4. The highest BCUT2D eigenvalue weighted by atomic mass is 19.2. The largest absolute Gasteiger partial charge is 0.329 e. The molecule has 0 saturated heterocycles. The summed E-state index contributed by atoms with van der Waals surface area (Å²) >= 11 is 0. The van der Waals surface area contributed by atoms with E-state index in [0.29, 0.717) is 23.4 Å². The van der Waals surface area contributed by atoms with Crippen LogP contribution in [0, 0.1) is 23.3 Å². The minimum absolute atomic E-state index is 0.0801. The maximum absolute atomic E-state index is 13.8. The van der Waals surface area contributed by atoms with Crippen LogP contribution in [0.15, 0.2) is 30.3 Å². The molecule has 2 amide bonds. The van der Waals surface area contributed by atoms with Gasteiger partial charge in [0.2, 0.25) is 11.8 Å². The molecule has 0 radical (unpaired) electrons. The Morgan fingerprint density at radius 1 is 1.07 bits per heavy atom. The van der Waals surface area contributed by atoms with Crippen molar-refractivity contribution in [3.63, 3.8) is 0 Å². The molecule has 1 heterocycles. The summed E-state index contributed by atoms with van der Waals surface area (Å²) in [5.74, 6) is -4.82. The minimum Gasteiger partial charge on any atom is -0.329 e. The van der Waals surface area contributed by atoms with Crippen molar-refractivity contribution in [1.29, 1.82) is 0 Å². The van der Waals surface area contributed by atoms with Crippen LogP contribution >= 0.6 is 0 Å². The first kappa shape index (κ1) is 20.8. The van der Waals surface area contributed by atoms with Crippen molar-refractivity contribution in [1.82, 2.24) is 4.90 Å². The van der Waals surface area contributed by atoms with Gasteiger partial charge in [-0.05, 0) is 35.7 Å². The second-order valence-corrected chi connectivity index (χ2v) is 7.00. The molecular weight excluding hydrogens is 390 g/mol. The fourth-order valence-electron chi connectivity index (χ4n) is 3.25. The van der Waals surface area contributed by atoms with Crippen LogP contribution < -0.4 is 10.6 Å². The molecule has 9 heteroatoms. The summed E-state index contributed by atoms with van der Waals surface area (Å²) in [6, 6.07) is 4.23. The maximum Gasteiger partial charge on any atom is 0.246 e.